The molecule has 2 aromatic carbocycles. The van der Waals surface area contributed by atoms with Crippen LogP contribution in [-0.4, -0.2) is 42.6 Å². The predicted octanol–water partition coefficient (Wildman–Crippen LogP) is 3.70. The maximum Gasteiger partial charge on any atom is 0.231 e. The summed E-state index contributed by atoms with van der Waals surface area (Å²) in [6, 6.07) is 14.3. The third-order valence-corrected chi connectivity index (χ3v) is 6.31. The van der Waals surface area contributed by atoms with Gasteiger partial charge < -0.3 is 23.8 Å². The van der Waals surface area contributed by atoms with Crippen LogP contribution in [0.1, 0.15) is 37.0 Å². The second-order valence-corrected chi connectivity index (χ2v) is 9.07. The first-order valence-electron chi connectivity index (χ1n) is 11.0. The molecule has 0 N–H and O–H groups in total. The Morgan fingerprint density at radius 2 is 1.90 bits per heavy atom. The summed E-state index contributed by atoms with van der Waals surface area (Å²) in [5.74, 6) is 1.04. The Labute approximate surface area is 183 Å². The number of rotatable bonds is 5. The Morgan fingerprint density at radius 1 is 1.10 bits per heavy atom. The van der Waals surface area contributed by atoms with Crippen molar-refractivity contribution in [1.29, 1.82) is 0 Å². The van der Waals surface area contributed by atoms with E-state index in [2.05, 4.69) is 24.3 Å². The minimum atomic E-state index is -0.609. The third-order valence-electron chi connectivity index (χ3n) is 6.31. The normalized spacial score (nSPS) is 23.4. The van der Waals surface area contributed by atoms with E-state index < -0.39 is 5.79 Å². The minimum absolute atomic E-state index is 0.0146. The Morgan fingerprint density at radius 3 is 2.71 bits per heavy atom. The number of hydrogen-bond acceptors (Lipinski definition) is 5. The number of carbonyl (C=O) groups excluding carboxylic acids is 1. The highest BCUT2D eigenvalue weighted by atomic mass is 16.7. The molecule has 1 aliphatic carbocycles. The smallest absolute Gasteiger partial charge is 0.231 e. The first-order chi connectivity index (χ1) is 15.0. The molecule has 0 radical (unpaired) electrons. The van der Waals surface area contributed by atoms with E-state index in [4.69, 9.17) is 18.9 Å². The van der Waals surface area contributed by atoms with Crippen LogP contribution in [0, 0.1) is 5.92 Å². The molecule has 3 aliphatic rings. The summed E-state index contributed by atoms with van der Waals surface area (Å²) in [6.45, 7) is 5.57. The molecule has 0 aromatic heterocycles. The molecule has 6 heteroatoms. The van der Waals surface area contributed by atoms with Crippen molar-refractivity contribution in [2.45, 2.75) is 51.5 Å². The molecule has 2 atom stereocenters. The van der Waals surface area contributed by atoms with Gasteiger partial charge in [-0.25, -0.2) is 0 Å². The number of amides is 1. The summed E-state index contributed by atoms with van der Waals surface area (Å²) in [6.07, 6.45) is 2.48. The number of nitrogens with zero attached hydrogens (tertiary/aromatic N) is 1. The van der Waals surface area contributed by atoms with Gasteiger partial charge in [0.1, 0.15) is 6.10 Å². The summed E-state index contributed by atoms with van der Waals surface area (Å²) in [7, 11) is 0. The highest BCUT2D eigenvalue weighted by molar-refractivity contribution is 5.79. The van der Waals surface area contributed by atoms with Crippen LogP contribution in [0.25, 0.3) is 0 Å². The number of hydrogen-bond donors (Lipinski definition) is 0. The van der Waals surface area contributed by atoms with Gasteiger partial charge in [0.25, 0.3) is 0 Å². The lowest BCUT2D eigenvalue weighted by atomic mass is 9.83. The molecular weight excluding hydrogens is 394 g/mol. The van der Waals surface area contributed by atoms with Gasteiger partial charge in [-0.05, 0) is 61.9 Å². The lowest BCUT2D eigenvalue weighted by molar-refractivity contribution is -0.149. The van der Waals surface area contributed by atoms with Crippen molar-refractivity contribution in [3.05, 3.63) is 59.2 Å². The van der Waals surface area contributed by atoms with E-state index in [1.54, 1.807) is 0 Å². The van der Waals surface area contributed by atoms with Crippen LogP contribution in [0.4, 0.5) is 0 Å². The van der Waals surface area contributed by atoms with Gasteiger partial charge in [0, 0.05) is 19.0 Å². The molecule has 6 nitrogen and oxygen atoms in total. The maximum atomic E-state index is 13.7. The van der Waals surface area contributed by atoms with Crippen molar-refractivity contribution in [3.63, 3.8) is 0 Å². The fourth-order valence-electron chi connectivity index (χ4n) is 4.76. The highest BCUT2D eigenvalue weighted by Gasteiger charge is 2.36. The second kappa shape index (κ2) is 8.17. The van der Waals surface area contributed by atoms with E-state index in [0.717, 1.165) is 36.3 Å². The van der Waals surface area contributed by atoms with Crippen LogP contribution in [0.3, 0.4) is 0 Å². The quantitative estimate of drug-likeness (QED) is 0.734. The van der Waals surface area contributed by atoms with Gasteiger partial charge in [0.2, 0.25) is 12.7 Å². The number of benzene rings is 2. The average molecular weight is 424 g/mol. The van der Waals surface area contributed by atoms with Crippen LogP contribution in [0.15, 0.2) is 42.5 Å². The summed E-state index contributed by atoms with van der Waals surface area (Å²) in [5, 5.41) is 0. The fraction of sp³-hybridized carbons (Fsp3) is 0.480. The molecule has 0 spiro atoms. The molecule has 31 heavy (non-hydrogen) atoms. The standard InChI is InChI=1S/C25H29NO5/c1-25(2)30-15-21(31-25)14-26(13-17-7-10-22-23(11-17)29-16-28-22)24(27)20-9-8-18-5-3-4-6-19(18)12-20/h3-7,10-11,20-21H,8-9,12-16H2,1-2H3/t20-,21+/m1/s1. The van der Waals surface area contributed by atoms with E-state index in [1.807, 2.05) is 36.9 Å². The number of carbonyl (C=O) groups is 1. The van der Waals surface area contributed by atoms with Crippen molar-refractivity contribution in [3.8, 4) is 11.5 Å². The van der Waals surface area contributed by atoms with E-state index in [0.29, 0.717) is 19.7 Å². The molecule has 2 aliphatic heterocycles. The van der Waals surface area contributed by atoms with E-state index in [-0.39, 0.29) is 24.7 Å². The third kappa shape index (κ3) is 4.41. The van der Waals surface area contributed by atoms with Gasteiger partial charge in [-0.2, -0.15) is 0 Å². The molecule has 0 saturated carbocycles. The Kier molecular flexibility index (Phi) is 5.36. The Balaban J connectivity index is 1.35. The maximum absolute atomic E-state index is 13.7. The molecule has 2 aromatic rings. The van der Waals surface area contributed by atoms with Crippen LogP contribution in [0.5, 0.6) is 11.5 Å². The van der Waals surface area contributed by atoms with Gasteiger partial charge in [-0.3, -0.25) is 4.79 Å². The largest absolute Gasteiger partial charge is 0.454 e. The summed E-state index contributed by atoms with van der Waals surface area (Å²) < 4.78 is 22.7. The molecule has 1 fully saturated rings. The van der Waals surface area contributed by atoms with Crippen molar-refractivity contribution in [1.82, 2.24) is 4.90 Å². The van der Waals surface area contributed by atoms with Crippen LogP contribution in [-0.2, 0) is 33.7 Å². The zero-order valence-electron chi connectivity index (χ0n) is 18.1. The van der Waals surface area contributed by atoms with Crippen LogP contribution >= 0.6 is 0 Å². The molecule has 0 bridgehead atoms. The zero-order valence-corrected chi connectivity index (χ0v) is 18.1. The summed E-state index contributed by atoms with van der Waals surface area (Å²) in [5.41, 5.74) is 3.67. The Bertz CT molecular complexity index is 972. The SMILES string of the molecule is CC1(C)OC[C@H](CN(Cc2ccc3c(c2)OCO3)C(=O)[C@@H]2CCc3ccccc3C2)O1. The number of fused-ring (bicyclic) bond motifs is 2. The second-order valence-electron chi connectivity index (χ2n) is 9.07. The van der Waals surface area contributed by atoms with Gasteiger partial charge in [0.15, 0.2) is 17.3 Å². The number of aryl methyl sites for hydroxylation is 1. The van der Waals surface area contributed by atoms with Crippen molar-refractivity contribution in [2.75, 3.05) is 19.9 Å². The average Bonchev–Trinajstić information content (AvgIpc) is 3.37. The minimum Gasteiger partial charge on any atom is -0.454 e. The molecule has 0 unspecified atom stereocenters. The lowest BCUT2D eigenvalue weighted by Crippen LogP contribution is -2.43. The molecule has 5 rings (SSSR count). The van der Waals surface area contributed by atoms with Crippen molar-refractivity contribution < 1.29 is 23.7 Å². The van der Waals surface area contributed by atoms with E-state index in [9.17, 15) is 4.79 Å². The molecule has 164 valence electrons. The van der Waals surface area contributed by atoms with Gasteiger partial charge in [-0.1, -0.05) is 30.3 Å². The summed E-state index contributed by atoms with van der Waals surface area (Å²) in [4.78, 5) is 15.6. The summed E-state index contributed by atoms with van der Waals surface area (Å²) >= 11 is 0. The highest BCUT2D eigenvalue weighted by Crippen LogP contribution is 2.34. The van der Waals surface area contributed by atoms with Crippen molar-refractivity contribution in [2.24, 2.45) is 5.92 Å². The van der Waals surface area contributed by atoms with Gasteiger partial charge in [-0.15, -0.1) is 0 Å². The Hall–Kier alpha value is -2.57. The molecule has 1 amide bonds. The fourth-order valence-corrected chi connectivity index (χ4v) is 4.76. The van der Waals surface area contributed by atoms with E-state index >= 15 is 0 Å². The van der Waals surface area contributed by atoms with Gasteiger partial charge >= 0.3 is 0 Å². The van der Waals surface area contributed by atoms with Crippen molar-refractivity contribution >= 4 is 5.91 Å². The van der Waals surface area contributed by atoms with Crippen LogP contribution < -0.4 is 9.47 Å². The zero-order chi connectivity index (χ0) is 21.4. The van der Waals surface area contributed by atoms with E-state index in [1.165, 1.54) is 11.1 Å². The monoisotopic (exact) mass is 423 g/mol. The first kappa shape index (κ1) is 20.3. The molecule has 2 heterocycles. The first-order valence-corrected chi connectivity index (χ1v) is 11.0. The molecular formula is C25H29NO5. The number of ether oxygens (including phenoxy) is 4. The topological polar surface area (TPSA) is 57.2 Å². The lowest BCUT2D eigenvalue weighted by Gasteiger charge is -2.32. The van der Waals surface area contributed by atoms with Crippen LogP contribution in [0.2, 0.25) is 0 Å². The molecule has 1 saturated heterocycles. The van der Waals surface area contributed by atoms with Gasteiger partial charge in [0.05, 0.1) is 6.61 Å². The predicted molar refractivity (Wildman–Crippen MR) is 115 cm³/mol.